The summed E-state index contributed by atoms with van der Waals surface area (Å²) in [6.45, 7) is 10.4. The highest BCUT2D eigenvalue weighted by Gasteiger charge is 2.11. The van der Waals surface area contributed by atoms with Crippen LogP contribution in [0.2, 0.25) is 0 Å². The van der Waals surface area contributed by atoms with Crippen molar-refractivity contribution in [2.75, 3.05) is 19.8 Å². The third kappa shape index (κ3) is 18.7. The molecule has 0 amide bonds. The largest absolute Gasteiger partial charge is 1.00 e. The molecule has 0 unspecified atom stereocenters. The van der Waals surface area contributed by atoms with Crippen LogP contribution >= 0.6 is 0 Å². The van der Waals surface area contributed by atoms with Gasteiger partial charge >= 0.3 is 17.8 Å². The second kappa shape index (κ2) is 22.6. The Morgan fingerprint density at radius 2 is 1.34 bits per heavy atom. The van der Waals surface area contributed by atoms with Crippen molar-refractivity contribution in [2.24, 2.45) is 11.5 Å². The third-order valence-corrected chi connectivity index (χ3v) is 4.52. The first-order valence-electron chi connectivity index (χ1n) is 12.3. The predicted molar refractivity (Wildman–Crippen MR) is 146 cm³/mol. The van der Waals surface area contributed by atoms with E-state index in [-0.39, 0.29) is 42.8 Å². The second-order valence-electron chi connectivity index (χ2n) is 7.71. The van der Waals surface area contributed by atoms with Gasteiger partial charge in [-0.3, -0.25) is 4.79 Å². The van der Waals surface area contributed by atoms with Gasteiger partial charge in [-0.15, -0.1) is 0 Å². The molecule has 9 nitrogen and oxygen atoms in total. The van der Waals surface area contributed by atoms with Crippen LogP contribution in [0.3, 0.4) is 0 Å². The molecule has 0 saturated heterocycles. The maximum Gasteiger partial charge on any atom is 0.344 e. The summed E-state index contributed by atoms with van der Waals surface area (Å²) in [7, 11) is 0. The van der Waals surface area contributed by atoms with Crippen LogP contribution in [0.15, 0.2) is 72.6 Å². The Morgan fingerprint density at radius 1 is 0.868 bits per heavy atom. The molecule has 0 bridgehead atoms. The van der Waals surface area contributed by atoms with Crippen molar-refractivity contribution in [3.05, 3.63) is 83.7 Å². The molecule has 0 aliphatic carbocycles. The van der Waals surface area contributed by atoms with E-state index < -0.39 is 5.97 Å². The van der Waals surface area contributed by atoms with Gasteiger partial charge in [-0.25, -0.2) is 10.2 Å². The summed E-state index contributed by atoms with van der Waals surface area (Å²) in [6.07, 6.45) is 1.30. The van der Waals surface area contributed by atoms with Gasteiger partial charge in [0.2, 0.25) is 0 Å². The Labute approximate surface area is 232 Å². The number of hydrogen-bond donors (Lipinski definition) is 4. The molecule has 0 radical (unpaired) electrons. The van der Waals surface area contributed by atoms with Crippen molar-refractivity contribution >= 4 is 17.8 Å². The first-order chi connectivity index (χ1) is 17.6. The molecular weight excluding hydrogens is 508 g/mol. The van der Waals surface area contributed by atoms with Crippen LogP contribution in [-0.2, 0) is 23.8 Å². The molecule has 0 spiro atoms. The molecule has 2 rings (SSSR count). The van der Waals surface area contributed by atoms with Crippen molar-refractivity contribution in [3.63, 3.8) is 0 Å². The lowest BCUT2D eigenvalue weighted by molar-refractivity contribution is -0.154. The number of esters is 2. The Hall–Kier alpha value is -3.56. The molecular formula is C28H43ClN4O5. The number of benzene rings is 2. The van der Waals surface area contributed by atoms with E-state index in [2.05, 4.69) is 10.1 Å². The van der Waals surface area contributed by atoms with Crippen LogP contribution in [0.1, 0.15) is 64.3 Å². The van der Waals surface area contributed by atoms with Gasteiger partial charge in [0.15, 0.2) is 6.42 Å². The normalized spacial score (nSPS) is 11.5. The van der Waals surface area contributed by atoms with Crippen molar-refractivity contribution in [1.82, 2.24) is 5.32 Å². The first kappa shape index (κ1) is 36.6. The van der Waals surface area contributed by atoms with Gasteiger partial charge in [-0.1, -0.05) is 60.7 Å². The fraction of sp³-hybridized carbons (Fsp3) is 0.393. The Morgan fingerprint density at radius 3 is 1.76 bits per heavy atom. The zero-order chi connectivity index (χ0) is 28.1. The summed E-state index contributed by atoms with van der Waals surface area (Å²) in [4.78, 5) is 21.9. The van der Waals surface area contributed by atoms with Crippen LogP contribution < -0.4 is 34.6 Å². The number of ether oxygens (including phenoxy) is 3. The van der Waals surface area contributed by atoms with Crippen molar-refractivity contribution in [1.29, 1.82) is 0 Å². The molecule has 38 heavy (non-hydrogen) atoms. The van der Waals surface area contributed by atoms with E-state index in [0.29, 0.717) is 25.6 Å². The van der Waals surface area contributed by atoms with Gasteiger partial charge in [0.25, 0.3) is 0 Å². The minimum Gasteiger partial charge on any atom is -1.00 e. The zero-order valence-corrected chi connectivity index (χ0v) is 23.7. The molecule has 0 aliphatic heterocycles. The van der Waals surface area contributed by atoms with Gasteiger partial charge in [0, 0.05) is 12.1 Å². The average Bonchev–Trinajstić information content (AvgIpc) is 2.86. The summed E-state index contributed by atoms with van der Waals surface area (Å²) in [6, 6.07) is 20.1. The summed E-state index contributed by atoms with van der Waals surface area (Å²) in [5.74, 6) is -0.262. The van der Waals surface area contributed by atoms with E-state index in [1.807, 2.05) is 74.5 Å². The Balaban J connectivity index is 0. The molecule has 0 heterocycles. The van der Waals surface area contributed by atoms with Crippen LogP contribution in [0.25, 0.3) is 0 Å². The standard InChI is InChI=1S/C13H18N2O2.C8H11N.C7H13NO3.ClH/c1-3-17-13(16)9-12(14)15-10(2)11-7-5-4-6-8-11;1-7(9)8-5-3-2-4-6-8;1-3-10-6(8)5-7(9)11-4-2;/h4-10,15H,3,14H2,1-2H3;2-7H,9H2,1H3;8H,3-5H2,1-2H3;1H/b12-9+;;;/t10-;7-;;/m00../s1. The number of rotatable bonds is 10. The number of nitrogens with two attached hydrogens (primary N) is 3. The maximum atomic E-state index is 11.2. The minimum atomic E-state index is -0.433. The number of nitrogens with one attached hydrogen (secondary N) is 1. The first-order valence-corrected chi connectivity index (χ1v) is 12.3. The van der Waals surface area contributed by atoms with Gasteiger partial charge in [-0.05, 0) is 45.7 Å². The van der Waals surface area contributed by atoms with E-state index in [9.17, 15) is 9.59 Å². The topological polar surface area (TPSA) is 151 Å². The van der Waals surface area contributed by atoms with Crippen LogP contribution in [-0.4, -0.2) is 37.7 Å². The molecule has 0 aromatic heterocycles. The molecule has 2 aromatic carbocycles. The summed E-state index contributed by atoms with van der Waals surface area (Å²) >= 11 is 0. The minimum absolute atomic E-state index is 0. The summed E-state index contributed by atoms with van der Waals surface area (Å²) in [5.41, 5.74) is 13.6. The number of carbonyl (C=O) groups excluding carboxylic acids is 2. The van der Waals surface area contributed by atoms with Gasteiger partial charge < -0.3 is 43.4 Å². The average molecular weight is 551 g/mol. The summed E-state index contributed by atoms with van der Waals surface area (Å²) < 4.78 is 14.3. The highest BCUT2D eigenvalue weighted by molar-refractivity contribution is 5.91. The highest BCUT2D eigenvalue weighted by Crippen LogP contribution is 2.11. The number of halogens is 1. The quantitative estimate of drug-likeness (QED) is 0.134. The molecule has 10 heteroatoms. The van der Waals surface area contributed by atoms with Gasteiger partial charge in [0.1, 0.15) is 5.82 Å². The highest BCUT2D eigenvalue weighted by atomic mass is 35.5. The van der Waals surface area contributed by atoms with E-state index in [1.54, 1.807) is 20.8 Å². The van der Waals surface area contributed by atoms with Crippen LogP contribution in [0.5, 0.6) is 0 Å². The van der Waals surface area contributed by atoms with Crippen molar-refractivity contribution in [3.8, 4) is 0 Å². The molecule has 2 aromatic rings. The van der Waals surface area contributed by atoms with Crippen LogP contribution in [0.4, 0.5) is 0 Å². The lowest BCUT2D eigenvalue weighted by atomic mass is 10.1. The van der Waals surface area contributed by atoms with Gasteiger partial charge in [0.05, 0.1) is 25.9 Å². The predicted octanol–water partition coefficient (Wildman–Crippen LogP) is -0.456. The van der Waals surface area contributed by atoms with Crippen molar-refractivity contribution in [2.45, 2.75) is 53.1 Å². The fourth-order valence-corrected chi connectivity index (χ4v) is 2.77. The Kier molecular flexibility index (Phi) is 21.8. The molecule has 0 saturated carbocycles. The zero-order valence-electron chi connectivity index (χ0n) is 23.0. The molecule has 212 valence electrons. The van der Waals surface area contributed by atoms with E-state index in [1.165, 1.54) is 11.6 Å². The van der Waals surface area contributed by atoms with Crippen molar-refractivity contribution < 1.29 is 41.6 Å². The number of carbonyl (C=O) groups is 2. The molecule has 2 atom stereocenters. The fourth-order valence-electron chi connectivity index (χ4n) is 2.77. The molecule has 0 aliphatic rings. The number of hydrogen-bond acceptors (Lipinski definition) is 8. The van der Waals surface area contributed by atoms with E-state index >= 15 is 0 Å². The van der Waals surface area contributed by atoms with E-state index in [0.717, 1.165) is 5.56 Å². The maximum absolute atomic E-state index is 11.2. The second-order valence-corrected chi connectivity index (χ2v) is 7.71. The van der Waals surface area contributed by atoms with Gasteiger partial charge in [-0.2, -0.15) is 0 Å². The third-order valence-electron chi connectivity index (χ3n) is 4.52. The molecule has 0 fully saturated rings. The smallest absolute Gasteiger partial charge is 0.344 e. The Bertz CT molecular complexity index is 925. The van der Waals surface area contributed by atoms with Crippen LogP contribution in [0, 0.1) is 0 Å². The summed E-state index contributed by atoms with van der Waals surface area (Å²) in [5, 5.41) is 8.33. The monoisotopic (exact) mass is 550 g/mol. The SMILES string of the molecule is CCOC(=O)/C=C(\N)N[C@@H](C)c1ccccc1.CCOC(=[NH2+])CC(=O)OCC.C[C@H](N)c1ccccc1.[Cl-]. The lowest BCUT2D eigenvalue weighted by Crippen LogP contribution is -3.00. The molecule has 7 N–H and O–H groups in total. The van der Waals surface area contributed by atoms with E-state index in [4.69, 9.17) is 26.4 Å². The lowest BCUT2D eigenvalue weighted by Gasteiger charge is -2.15.